The van der Waals surface area contributed by atoms with Crippen molar-refractivity contribution in [1.82, 2.24) is 0 Å². The van der Waals surface area contributed by atoms with Gasteiger partial charge in [-0.3, -0.25) is 0 Å². The molecule has 0 N–H and O–H groups in total. The van der Waals surface area contributed by atoms with Crippen molar-refractivity contribution < 1.29 is 23.3 Å². The average Bonchev–Trinajstić information content (AvgIpc) is 4.10. The van der Waals surface area contributed by atoms with Gasteiger partial charge in [0.2, 0.25) is 0 Å². The van der Waals surface area contributed by atoms with Gasteiger partial charge in [-0.2, -0.15) is 12.1 Å². The molecule has 0 bridgehead atoms. The van der Waals surface area contributed by atoms with Gasteiger partial charge in [-0.25, -0.2) is 0 Å². The van der Waals surface area contributed by atoms with Crippen molar-refractivity contribution in [3.8, 4) is 44.5 Å². The SMILES string of the molecule is CCCCCCCc1cc2c(-c3cccc4ccccc34)ccc(-c3cccc4ccccc34)c2[cH-]1.CCCCCCCc1cc2c(-c3cccc4ccccc34)ccc(-c3cccc4ccccc34)c2[cH-]1.[CH3-].[CH3-].[Si]=[Zr]. The molecule has 0 spiro atoms. The Labute approximate surface area is 471 Å². The Morgan fingerprint density at radius 1 is 0.289 bits per heavy atom. The van der Waals surface area contributed by atoms with Gasteiger partial charge in [-0.15, -0.1) is 44.8 Å². The molecule has 12 aromatic carbocycles. The van der Waals surface area contributed by atoms with Crippen molar-refractivity contribution in [3.63, 3.8) is 0 Å². The monoisotopic (exact) mass is 1080 g/mol. The second kappa shape index (κ2) is 27.0. The Morgan fingerprint density at radius 2 is 0.553 bits per heavy atom. The summed E-state index contributed by atoms with van der Waals surface area (Å²) in [5, 5.41) is 16.0. The van der Waals surface area contributed by atoms with Crippen LogP contribution in [-0.2, 0) is 36.2 Å². The van der Waals surface area contributed by atoms with Crippen LogP contribution in [0.4, 0.5) is 0 Å². The van der Waals surface area contributed by atoms with Crippen LogP contribution in [-0.4, -0.2) is 6.88 Å². The summed E-state index contributed by atoms with van der Waals surface area (Å²) >= 11 is 1.36. The van der Waals surface area contributed by atoms with Crippen molar-refractivity contribution in [3.05, 3.63) is 244 Å². The maximum absolute atomic E-state index is 3.06. The van der Waals surface area contributed by atoms with E-state index in [4.69, 9.17) is 0 Å². The summed E-state index contributed by atoms with van der Waals surface area (Å²) in [5.74, 6) is 0. The molecule has 12 rings (SSSR count). The van der Waals surface area contributed by atoms with Crippen LogP contribution in [0.2, 0.25) is 0 Å². The summed E-state index contributed by atoms with van der Waals surface area (Å²) in [6, 6.07) is 81.1. The van der Waals surface area contributed by atoms with E-state index in [1.54, 1.807) is 0 Å². The first-order valence-corrected chi connectivity index (χ1v) is 31.5. The van der Waals surface area contributed by atoms with Crippen molar-refractivity contribution >= 4 is 71.5 Å². The molecule has 2 radical (unpaired) electrons. The molecule has 0 amide bonds. The number of aryl methyl sites for hydroxylation is 2. The second-order valence-corrected chi connectivity index (χ2v) is 20.1. The molecule has 0 aliphatic heterocycles. The van der Waals surface area contributed by atoms with Gasteiger partial charge in [0.15, 0.2) is 0 Å². The van der Waals surface area contributed by atoms with Crippen molar-refractivity contribution in [2.75, 3.05) is 0 Å². The van der Waals surface area contributed by atoms with E-state index < -0.39 is 0 Å². The summed E-state index contributed by atoms with van der Waals surface area (Å²) in [5.41, 5.74) is 13.6. The molecule has 0 aromatic heterocycles. The van der Waals surface area contributed by atoms with Gasteiger partial charge in [0, 0.05) is 0 Å². The molecular weight excluding hydrogens is 1010 g/mol. The fourth-order valence-electron chi connectivity index (χ4n) is 11.7. The normalized spacial score (nSPS) is 11.0. The molecule has 0 aliphatic carbocycles. The summed E-state index contributed by atoms with van der Waals surface area (Å²) in [4.78, 5) is 0. The van der Waals surface area contributed by atoms with E-state index in [1.165, 1.54) is 208 Å². The number of rotatable bonds is 16. The first kappa shape index (κ1) is 55.8. The summed E-state index contributed by atoms with van der Waals surface area (Å²) in [6.45, 7) is 7.63. The molecule has 0 atom stereocenters. The maximum atomic E-state index is 3.06. The van der Waals surface area contributed by atoms with Crippen LogP contribution in [0, 0.1) is 14.9 Å². The Kier molecular flexibility index (Phi) is 19.9. The molecule has 76 heavy (non-hydrogen) atoms. The topological polar surface area (TPSA) is 0 Å². The van der Waals surface area contributed by atoms with Crippen LogP contribution in [0.3, 0.4) is 0 Å². The predicted octanol–water partition coefficient (Wildman–Crippen LogP) is 21.9. The standard InChI is InChI=1S/2C36H33.2CH3.Si.Zr/c2*1-2-3-4-5-6-13-26-24-35-33(31-20-11-16-27-14-7-9-18-29(27)31)22-23-34(36(35)25-26)32-21-12-17-28-15-8-10-19-30(28)32;;;;/h2*7-12,14-25H,2-6,13H2,1H3;2*1H3;;/q4*-1;;. The molecule has 380 valence electrons. The van der Waals surface area contributed by atoms with Gasteiger partial charge < -0.3 is 14.9 Å². The number of unbranched alkanes of at least 4 members (excludes halogenated alkanes) is 8. The van der Waals surface area contributed by atoms with E-state index in [9.17, 15) is 0 Å². The Hall–Kier alpha value is -6.44. The van der Waals surface area contributed by atoms with Crippen molar-refractivity contribution in [2.45, 2.75) is 90.9 Å². The third-order valence-corrected chi connectivity index (χ3v) is 15.4. The van der Waals surface area contributed by atoms with Gasteiger partial charge >= 0.3 is 30.2 Å². The first-order valence-electron chi connectivity index (χ1n) is 27.3. The first-order chi connectivity index (χ1) is 36.7. The van der Waals surface area contributed by atoms with Crippen LogP contribution in [0.25, 0.3) is 109 Å². The quantitative estimate of drug-likeness (QED) is 0.0514. The zero-order chi connectivity index (χ0) is 50.6. The third-order valence-electron chi connectivity index (χ3n) is 15.4. The molecule has 0 saturated carbocycles. The van der Waals surface area contributed by atoms with E-state index >= 15 is 0 Å². The minimum atomic E-state index is 0. The summed E-state index contributed by atoms with van der Waals surface area (Å²) in [7, 11) is 0. The van der Waals surface area contributed by atoms with Gasteiger partial charge in [-0.1, -0.05) is 306 Å². The van der Waals surface area contributed by atoms with Gasteiger partial charge in [0.05, 0.1) is 0 Å². The molecule has 0 fully saturated rings. The van der Waals surface area contributed by atoms with Crippen LogP contribution >= 0.6 is 0 Å². The van der Waals surface area contributed by atoms with Crippen LogP contribution < -0.4 is 0 Å². The number of hydrogen-bond acceptors (Lipinski definition) is 0. The van der Waals surface area contributed by atoms with Crippen LogP contribution in [0.15, 0.2) is 218 Å². The second-order valence-electron chi connectivity index (χ2n) is 20.1. The number of benzene rings is 10. The predicted molar refractivity (Wildman–Crippen MR) is 334 cm³/mol. The summed E-state index contributed by atoms with van der Waals surface area (Å²) in [6.07, 6.45) is 15.5. The van der Waals surface area contributed by atoms with Gasteiger partial charge in [-0.05, 0) is 67.1 Å². The van der Waals surface area contributed by atoms with Gasteiger partial charge in [0.25, 0.3) is 0 Å². The van der Waals surface area contributed by atoms with Crippen molar-refractivity contribution in [1.29, 1.82) is 0 Å². The van der Waals surface area contributed by atoms with Crippen LogP contribution in [0.1, 0.15) is 89.2 Å². The van der Waals surface area contributed by atoms with Crippen LogP contribution in [0.5, 0.6) is 0 Å². The fourth-order valence-corrected chi connectivity index (χ4v) is 11.7. The molecule has 12 aromatic rings. The Bertz CT molecular complexity index is 3320. The molecule has 0 aliphatic rings. The molecule has 0 nitrogen and oxygen atoms in total. The molecular formula is C74H72SiZr-4. The summed E-state index contributed by atoms with van der Waals surface area (Å²) < 4.78 is 0. The third kappa shape index (κ3) is 12.1. The van der Waals surface area contributed by atoms with E-state index in [0.717, 1.165) is 12.8 Å². The van der Waals surface area contributed by atoms with E-state index in [2.05, 4.69) is 239 Å². The average molecular weight is 1080 g/mol. The molecule has 0 saturated heterocycles. The number of hydrogen-bond donors (Lipinski definition) is 0. The minimum absolute atomic E-state index is 0. The number of fused-ring (bicyclic) bond motifs is 6. The van der Waals surface area contributed by atoms with E-state index in [1.807, 2.05) is 0 Å². The molecule has 0 heterocycles. The Morgan fingerprint density at radius 3 is 0.882 bits per heavy atom. The van der Waals surface area contributed by atoms with E-state index in [0.29, 0.717) is 0 Å². The van der Waals surface area contributed by atoms with E-state index in [-0.39, 0.29) is 14.9 Å². The molecule has 0 unspecified atom stereocenters. The van der Waals surface area contributed by atoms with Gasteiger partial charge in [0.1, 0.15) is 0 Å². The zero-order valence-electron chi connectivity index (χ0n) is 45.3. The van der Waals surface area contributed by atoms with Crippen molar-refractivity contribution in [2.24, 2.45) is 0 Å². The Balaban J connectivity index is 0.000000190. The zero-order valence-corrected chi connectivity index (χ0v) is 48.7. The fraction of sp³-hybridized carbons (Fsp3) is 0.189. The molecule has 2 heteroatoms.